The highest BCUT2D eigenvalue weighted by Crippen LogP contribution is 2.28. The van der Waals surface area contributed by atoms with Crippen molar-refractivity contribution in [2.45, 2.75) is 13.5 Å². The molecule has 0 atom stereocenters. The van der Waals surface area contributed by atoms with Crippen LogP contribution in [0.3, 0.4) is 0 Å². The molecular formula is C21H20FN3O5. The maximum absolute atomic E-state index is 13.6. The molecule has 30 heavy (non-hydrogen) atoms. The van der Waals surface area contributed by atoms with Crippen molar-refractivity contribution in [3.05, 3.63) is 80.9 Å². The molecular weight excluding hydrogens is 393 g/mol. The number of rotatable bonds is 6. The number of anilines is 1. The first-order valence-electron chi connectivity index (χ1n) is 8.94. The van der Waals surface area contributed by atoms with Gasteiger partial charge in [-0.2, -0.15) is 0 Å². The standard InChI is InChI=1S/C21H20FN3O5/c1-13-4-5-14(22)10-17(13)25-9-8-24(20(27)21(25)28)12-19(26)23-16-7-6-15(29-2)11-18(16)30-3/h4-11H,12H2,1-3H3,(H,23,26). The summed E-state index contributed by atoms with van der Waals surface area (Å²) in [5, 5.41) is 2.63. The van der Waals surface area contributed by atoms with Crippen molar-refractivity contribution >= 4 is 11.6 Å². The van der Waals surface area contributed by atoms with Crippen LogP contribution in [0.5, 0.6) is 11.5 Å². The van der Waals surface area contributed by atoms with Gasteiger partial charge in [0.15, 0.2) is 0 Å². The van der Waals surface area contributed by atoms with E-state index in [1.54, 1.807) is 25.1 Å². The Morgan fingerprint density at radius 2 is 1.80 bits per heavy atom. The second-order valence-electron chi connectivity index (χ2n) is 6.45. The van der Waals surface area contributed by atoms with Gasteiger partial charge in [-0.25, -0.2) is 4.39 Å². The lowest BCUT2D eigenvalue weighted by Gasteiger charge is -2.13. The quantitative estimate of drug-likeness (QED) is 0.625. The molecule has 1 amide bonds. The Bertz CT molecular complexity index is 1220. The molecule has 0 fully saturated rings. The second-order valence-corrected chi connectivity index (χ2v) is 6.45. The van der Waals surface area contributed by atoms with Gasteiger partial charge in [0.05, 0.1) is 25.6 Å². The number of halogens is 1. The van der Waals surface area contributed by atoms with E-state index < -0.39 is 22.8 Å². The number of benzene rings is 2. The SMILES string of the molecule is COc1ccc(NC(=O)Cn2ccn(-c3cc(F)ccc3C)c(=O)c2=O)c(OC)c1. The van der Waals surface area contributed by atoms with Crippen molar-refractivity contribution in [2.75, 3.05) is 19.5 Å². The normalized spacial score (nSPS) is 10.5. The van der Waals surface area contributed by atoms with E-state index in [4.69, 9.17) is 9.47 Å². The van der Waals surface area contributed by atoms with Gasteiger partial charge < -0.3 is 14.8 Å². The number of carbonyl (C=O) groups is 1. The van der Waals surface area contributed by atoms with E-state index in [9.17, 15) is 18.8 Å². The molecule has 0 saturated carbocycles. The lowest BCUT2D eigenvalue weighted by atomic mass is 10.2. The van der Waals surface area contributed by atoms with Gasteiger partial charge in [-0.3, -0.25) is 23.5 Å². The van der Waals surface area contributed by atoms with Crippen LogP contribution in [0.2, 0.25) is 0 Å². The van der Waals surface area contributed by atoms with Gasteiger partial charge in [0.25, 0.3) is 0 Å². The number of hydrogen-bond donors (Lipinski definition) is 1. The summed E-state index contributed by atoms with van der Waals surface area (Å²) in [5.74, 6) is -0.122. The summed E-state index contributed by atoms with van der Waals surface area (Å²) in [5.41, 5.74) is -0.518. The van der Waals surface area contributed by atoms with Crippen LogP contribution in [0.15, 0.2) is 58.4 Å². The molecule has 0 aliphatic rings. The molecule has 1 heterocycles. The number of amides is 1. The molecule has 0 unspecified atom stereocenters. The molecule has 0 saturated heterocycles. The Hall–Kier alpha value is -3.88. The summed E-state index contributed by atoms with van der Waals surface area (Å²) in [6.45, 7) is 1.31. The minimum Gasteiger partial charge on any atom is -0.497 e. The Morgan fingerprint density at radius 1 is 1.03 bits per heavy atom. The smallest absolute Gasteiger partial charge is 0.320 e. The van der Waals surface area contributed by atoms with Crippen molar-refractivity contribution in [3.63, 3.8) is 0 Å². The highest BCUT2D eigenvalue weighted by Gasteiger charge is 2.13. The fourth-order valence-electron chi connectivity index (χ4n) is 2.91. The van der Waals surface area contributed by atoms with Gasteiger partial charge in [-0.1, -0.05) is 6.07 Å². The third kappa shape index (κ3) is 4.24. The van der Waals surface area contributed by atoms with E-state index in [0.29, 0.717) is 22.7 Å². The van der Waals surface area contributed by atoms with E-state index >= 15 is 0 Å². The van der Waals surface area contributed by atoms with Crippen LogP contribution in [0, 0.1) is 12.7 Å². The molecule has 3 aromatic rings. The van der Waals surface area contributed by atoms with Crippen LogP contribution in [0.25, 0.3) is 5.69 Å². The Kier molecular flexibility index (Phi) is 6.01. The number of nitrogens with one attached hydrogen (secondary N) is 1. The fourth-order valence-corrected chi connectivity index (χ4v) is 2.91. The molecule has 1 aromatic heterocycles. The van der Waals surface area contributed by atoms with Gasteiger partial charge in [0.1, 0.15) is 23.9 Å². The molecule has 8 nitrogen and oxygen atoms in total. The van der Waals surface area contributed by atoms with Crippen molar-refractivity contribution in [1.82, 2.24) is 9.13 Å². The Balaban J connectivity index is 1.85. The second kappa shape index (κ2) is 8.64. The fraction of sp³-hybridized carbons (Fsp3) is 0.190. The van der Waals surface area contributed by atoms with Crippen LogP contribution >= 0.6 is 0 Å². The van der Waals surface area contributed by atoms with E-state index in [0.717, 1.165) is 9.13 Å². The zero-order valence-corrected chi connectivity index (χ0v) is 16.6. The van der Waals surface area contributed by atoms with Crippen molar-refractivity contribution in [2.24, 2.45) is 0 Å². The molecule has 0 aliphatic carbocycles. The Labute approximate surface area is 171 Å². The van der Waals surface area contributed by atoms with Crippen molar-refractivity contribution < 1.29 is 18.7 Å². The molecule has 156 valence electrons. The number of aromatic nitrogens is 2. The summed E-state index contributed by atoms with van der Waals surface area (Å²) in [4.78, 5) is 37.4. The zero-order chi connectivity index (χ0) is 21.8. The molecule has 0 spiro atoms. The van der Waals surface area contributed by atoms with Gasteiger partial charge in [-0.15, -0.1) is 0 Å². The third-order valence-corrected chi connectivity index (χ3v) is 4.49. The highest BCUT2D eigenvalue weighted by molar-refractivity contribution is 5.92. The van der Waals surface area contributed by atoms with Crippen LogP contribution in [-0.2, 0) is 11.3 Å². The number of ether oxygens (including phenoxy) is 2. The van der Waals surface area contributed by atoms with Gasteiger partial charge >= 0.3 is 11.1 Å². The molecule has 1 N–H and O–H groups in total. The summed E-state index contributed by atoms with van der Waals surface area (Å²) in [7, 11) is 2.95. The first-order chi connectivity index (χ1) is 14.3. The average molecular weight is 413 g/mol. The zero-order valence-electron chi connectivity index (χ0n) is 16.6. The van der Waals surface area contributed by atoms with Crippen molar-refractivity contribution in [3.8, 4) is 17.2 Å². The molecule has 0 radical (unpaired) electrons. The molecule has 0 bridgehead atoms. The van der Waals surface area contributed by atoms with Crippen LogP contribution in [0.1, 0.15) is 5.56 Å². The predicted octanol–water partition coefficient (Wildman–Crippen LogP) is 2.10. The number of methoxy groups -OCH3 is 2. The van der Waals surface area contributed by atoms with Crippen LogP contribution in [-0.4, -0.2) is 29.3 Å². The van der Waals surface area contributed by atoms with Crippen LogP contribution < -0.4 is 25.9 Å². The van der Waals surface area contributed by atoms with Gasteiger partial charge in [0, 0.05) is 18.5 Å². The number of aryl methyl sites for hydroxylation is 1. The molecule has 9 heteroatoms. The van der Waals surface area contributed by atoms with Gasteiger partial charge in [-0.05, 0) is 36.8 Å². The largest absolute Gasteiger partial charge is 0.497 e. The van der Waals surface area contributed by atoms with E-state index in [2.05, 4.69) is 5.32 Å². The average Bonchev–Trinajstić information content (AvgIpc) is 2.74. The first-order valence-corrected chi connectivity index (χ1v) is 8.94. The predicted molar refractivity (Wildman–Crippen MR) is 109 cm³/mol. The van der Waals surface area contributed by atoms with E-state index in [-0.39, 0.29) is 12.2 Å². The first kappa shape index (κ1) is 20.8. The molecule has 3 rings (SSSR count). The minimum absolute atomic E-state index is 0.261. The van der Waals surface area contributed by atoms with Crippen LogP contribution in [0.4, 0.5) is 10.1 Å². The van der Waals surface area contributed by atoms with Crippen molar-refractivity contribution in [1.29, 1.82) is 0 Å². The maximum Gasteiger partial charge on any atom is 0.320 e. The number of nitrogens with zero attached hydrogens (tertiary/aromatic N) is 2. The summed E-state index contributed by atoms with van der Waals surface area (Å²) >= 11 is 0. The lowest BCUT2D eigenvalue weighted by Crippen LogP contribution is -2.41. The highest BCUT2D eigenvalue weighted by atomic mass is 19.1. The topological polar surface area (TPSA) is 91.6 Å². The van der Waals surface area contributed by atoms with Gasteiger partial charge in [0.2, 0.25) is 5.91 Å². The maximum atomic E-state index is 13.6. The third-order valence-electron chi connectivity index (χ3n) is 4.49. The lowest BCUT2D eigenvalue weighted by molar-refractivity contribution is -0.116. The summed E-state index contributed by atoms with van der Waals surface area (Å²) in [6.07, 6.45) is 2.63. The molecule has 2 aromatic carbocycles. The summed E-state index contributed by atoms with van der Waals surface area (Å²) < 4.78 is 25.9. The monoisotopic (exact) mass is 413 g/mol. The van der Waals surface area contributed by atoms with E-state index in [1.807, 2.05) is 0 Å². The Morgan fingerprint density at radius 3 is 2.50 bits per heavy atom. The van der Waals surface area contributed by atoms with E-state index in [1.165, 1.54) is 44.8 Å². The summed E-state index contributed by atoms with van der Waals surface area (Å²) in [6, 6.07) is 8.80. The number of carbonyl (C=O) groups excluding carboxylic acids is 1. The number of hydrogen-bond acceptors (Lipinski definition) is 5. The molecule has 0 aliphatic heterocycles. The minimum atomic E-state index is -0.905.